The highest BCUT2D eigenvalue weighted by atomic mass is 32.1. The highest BCUT2D eigenvalue weighted by Gasteiger charge is 2.17. The van der Waals surface area contributed by atoms with Crippen LogP contribution in [-0.4, -0.2) is 21.2 Å². The first-order chi connectivity index (χ1) is 16.0. The number of halogens is 1. The Labute approximate surface area is 193 Å². The number of carbonyl (C=O) groups excluding carboxylic acids is 2. The minimum atomic E-state index is -0.423. The molecule has 2 aromatic carbocycles. The third-order valence-electron chi connectivity index (χ3n) is 5.02. The minimum Gasteiger partial charge on any atom is -0.321 e. The van der Waals surface area contributed by atoms with E-state index in [-0.39, 0.29) is 41.6 Å². The van der Waals surface area contributed by atoms with Crippen LogP contribution in [0, 0.1) is 5.82 Å². The molecular formula is C25H20FN3O3S. The van der Waals surface area contributed by atoms with Gasteiger partial charge < -0.3 is 5.32 Å². The number of rotatable bonds is 7. The van der Waals surface area contributed by atoms with Crippen LogP contribution in [0.25, 0.3) is 11.3 Å². The number of hydrogen-bond acceptors (Lipinski definition) is 5. The summed E-state index contributed by atoms with van der Waals surface area (Å²) in [5.41, 5.74) is 1.88. The molecule has 0 radical (unpaired) electrons. The third kappa shape index (κ3) is 4.96. The number of carbonyl (C=O) groups is 2. The lowest BCUT2D eigenvalue weighted by Crippen LogP contribution is -2.27. The van der Waals surface area contributed by atoms with Crippen molar-refractivity contribution >= 4 is 28.7 Å². The number of aromatic nitrogens is 2. The second-order valence-electron chi connectivity index (χ2n) is 7.25. The fourth-order valence-electron chi connectivity index (χ4n) is 3.30. The molecule has 0 aliphatic heterocycles. The van der Waals surface area contributed by atoms with E-state index >= 15 is 0 Å². The average Bonchev–Trinajstić information content (AvgIpc) is 3.31. The van der Waals surface area contributed by atoms with Crippen LogP contribution in [0.15, 0.2) is 76.9 Å². The molecule has 0 aliphatic carbocycles. The van der Waals surface area contributed by atoms with E-state index in [4.69, 9.17) is 0 Å². The number of thiazole rings is 1. The minimum absolute atomic E-state index is 0.125. The molecule has 0 spiro atoms. The molecule has 0 bridgehead atoms. The van der Waals surface area contributed by atoms with Crippen molar-refractivity contribution in [3.63, 3.8) is 0 Å². The molecule has 1 N–H and O–H groups in total. The van der Waals surface area contributed by atoms with E-state index in [1.807, 2.05) is 30.3 Å². The maximum absolute atomic E-state index is 13.2. The molecule has 0 atom stereocenters. The van der Waals surface area contributed by atoms with Crippen LogP contribution in [0.2, 0.25) is 0 Å². The summed E-state index contributed by atoms with van der Waals surface area (Å²) in [5.74, 6) is -1.00. The number of pyridine rings is 1. The van der Waals surface area contributed by atoms with Crippen LogP contribution in [0.5, 0.6) is 0 Å². The molecule has 1 amide bonds. The lowest BCUT2D eigenvalue weighted by atomic mass is 10.1. The second-order valence-corrected chi connectivity index (χ2v) is 8.20. The highest BCUT2D eigenvalue weighted by molar-refractivity contribution is 7.09. The van der Waals surface area contributed by atoms with Gasteiger partial charge in [-0.15, -0.1) is 11.3 Å². The Morgan fingerprint density at radius 2 is 1.76 bits per heavy atom. The normalized spacial score (nSPS) is 10.7. The van der Waals surface area contributed by atoms with Gasteiger partial charge in [-0.1, -0.05) is 37.3 Å². The van der Waals surface area contributed by atoms with Crippen molar-refractivity contribution in [1.29, 1.82) is 0 Å². The van der Waals surface area contributed by atoms with Gasteiger partial charge in [-0.05, 0) is 42.0 Å². The van der Waals surface area contributed by atoms with Gasteiger partial charge in [-0.3, -0.25) is 19.0 Å². The molecule has 0 saturated carbocycles. The summed E-state index contributed by atoms with van der Waals surface area (Å²) >= 11 is 1.25. The predicted octanol–water partition coefficient (Wildman–Crippen LogP) is 4.74. The van der Waals surface area contributed by atoms with Gasteiger partial charge in [0.25, 0.3) is 5.56 Å². The summed E-state index contributed by atoms with van der Waals surface area (Å²) in [4.78, 5) is 42.2. The number of ketones is 1. The van der Waals surface area contributed by atoms with E-state index < -0.39 is 5.82 Å². The van der Waals surface area contributed by atoms with Gasteiger partial charge in [-0.2, -0.15) is 0 Å². The molecule has 0 saturated heterocycles. The summed E-state index contributed by atoms with van der Waals surface area (Å²) < 4.78 is 14.7. The number of anilines is 1. The first-order valence-corrected chi connectivity index (χ1v) is 11.2. The van der Waals surface area contributed by atoms with Crippen molar-refractivity contribution in [3.05, 3.63) is 105 Å². The number of nitrogens with zero attached hydrogens (tertiary/aromatic N) is 2. The topological polar surface area (TPSA) is 81.1 Å². The van der Waals surface area contributed by atoms with Gasteiger partial charge in [0, 0.05) is 17.4 Å². The highest BCUT2D eigenvalue weighted by Crippen LogP contribution is 2.22. The van der Waals surface area contributed by atoms with Gasteiger partial charge in [-0.25, -0.2) is 9.37 Å². The zero-order valence-electron chi connectivity index (χ0n) is 17.7. The summed E-state index contributed by atoms with van der Waals surface area (Å²) in [5, 5.41) is 4.82. The Morgan fingerprint density at radius 1 is 1.03 bits per heavy atom. The summed E-state index contributed by atoms with van der Waals surface area (Å²) in [6, 6.07) is 18.1. The molecule has 0 fully saturated rings. The molecule has 2 heterocycles. The van der Waals surface area contributed by atoms with Crippen molar-refractivity contribution < 1.29 is 14.0 Å². The van der Waals surface area contributed by atoms with Crippen LogP contribution in [-0.2, 0) is 11.3 Å². The van der Waals surface area contributed by atoms with Crippen LogP contribution in [0.3, 0.4) is 0 Å². The van der Waals surface area contributed by atoms with Gasteiger partial charge in [0.1, 0.15) is 22.2 Å². The van der Waals surface area contributed by atoms with Gasteiger partial charge >= 0.3 is 0 Å². The molecule has 4 rings (SSSR count). The maximum Gasteiger partial charge on any atom is 0.275 e. The molecule has 6 nitrogen and oxygen atoms in total. The number of amides is 1. The fourth-order valence-corrected chi connectivity index (χ4v) is 4.06. The van der Waals surface area contributed by atoms with Crippen molar-refractivity contribution in [3.8, 4) is 11.3 Å². The number of hydrogen-bond donors (Lipinski definition) is 1. The molecule has 8 heteroatoms. The van der Waals surface area contributed by atoms with Gasteiger partial charge in [0.05, 0.1) is 12.2 Å². The summed E-state index contributed by atoms with van der Waals surface area (Å²) in [7, 11) is 0. The quantitative estimate of drug-likeness (QED) is 0.403. The van der Waals surface area contributed by atoms with Crippen molar-refractivity contribution in [2.45, 2.75) is 19.9 Å². The summed E-state index contributed by atoms with van der Waals surface area (Å²) in [6.45, 7) is 1.84. The number of nitrogens with one attached hydrogen (secondary N) is 1. The molecule has 2 aromatic heterocycles. The molecular weight excluding hydrogens is 441 g/mol. The van der Waals surface area contributed by atoms with Crippen molar-refractivity contribution in [2.75, 3.05) is 5.32 Å². The van der Waals surface area contributed by atoms with Crippen LogP contribution in [0.4, 0.5) is 10.1 Å². The monoisotopic (exact) mass is 461 g/mol. The Hall–Kier alpha value is -3.91. The van der Waals surface area contributed by atoms with Crippen LogP contribution in [0.1, 0.15) is 34.4 Å². The molecule has 0 unspecified atom stereocenters. The van der Waals surface area contributed by atoms with Crippen molar-refractivity contribution in [2.24, 2.45) is 0 Å². The first-order valence-electron chi connectivity index (χ1n) is 10.3. The van der Waals surface area contributed by atoms with Gasteiger partial charge in [0.2, 0.25) is 11.7 Å². The van der Waals surface area contributed by atoms with Crippen molar-refractivity contribution in [1.82, 2.24) is 9.55 Å². The zero-order valence-corrected chi connectivity index (χ0v) is 18.6. The molecule has 33 heavy (non-hydrogen) atoms. The molecule has 166 valence electrons. The lowest BCUT2D eigenvalue weighted by Gasteiger charge is -2.14. The maximum atomic E-state index is 13.2. The third-order valence-corrected chi connectivity index (χ3v) is 5.86. The van der Waals surface area contributed by atoms with E-state index in [1.165, 1.54) is 40.2 Å². The Balaban J connectivity index is 1.70. The van der Waals surface area contributed by atoms with Gasteiger partial charge in [0.15, 0.2) is 0 Å². The smallest absolute Gasteiger partial charge is 0.275 e. The Bertz CT molecular complexity index is 1360. The van der Waals surface area contributed by atoms with E-state index in [2.05, 4.69) is 10.3 Å². The van der Waals surface area contributed by atoms with E-state index in [9.17, 15) is 18.8 Å². The van der Waals surface area contributed by atoms with Crippen LogP contribution < -0.4 is 10.9 Å². The largest absolute Gasteiger partial charge is 0.321 e. The van der Waals surface area contributed by atoms with E-state index in [0.29, 0.717) is 16.3 Å². The lowest BCUT2D eigenvalue weighted by molar-refractivity contribution is -0.115. The Kier molecular flexibility index (Phi) is 6.55. The van der Waals surface area contributed by atoms with E-state index in [1.54, 1.807) is 24.4 Å². The SMILES string of the molecule is CCC(=O)Nc1ccc(-c2ccccc2)n(Cc2nc(C(=O)c3ccc(F)cc3)cs2)c1=O. The van der Waals surface area contributed by atoms with E-state index in [0.717, 1.165) is 5.56 Å². The fraction of sp³-hybridized carbons (Fsp3) is 0.120. The standard InChI is InChI=1S/C25H20FN3O3S/c1-2-22(30)27-19-12-13-21(16-6-4-3-5-7-16)29(25(19)32)14-23-28-20(15-33-23)24(31)17-8-10-18(26)11-9-17/h3-13,15H,2,14H2,1H3,(H,27,30). The Morgan fingerprint density at radius 3 is 2.45 bits per heavy atom. The zero-order chi connectivity index (χ0) is 23.4. The van der Waals surface area contributed by atoms with Crippen LogP contribution >= 0.6 is 11.3 Å². The predicted molar refractivity (Wildman–Crippen MR) is 126 cm³/mol. The number of benzene rings is 2. The molecule has 0 aliphatic rings. The first kappa shape index (κ1) is 22.3. The summed E-state index contributed by atoms with van der Waals surface area (Å²) in [6.07, 6.45) is 0.251. The second kappa shape index (κ2) is 9.70. The molecule has 4 aromatic rings. The average molecular weight is 462 g/mol.